The molecule has 0 aliphatic carbocycles. The van der Waals surface area contributed by atoms with Gasteiger partial charge in [0.25, 0.3) is 0 Å². The van der Waals surface area contributed by atoms with Crippen molar-refractivity contribution in [2.45, 2.75) is 0 Å². The molecule has 0 atom stereocenters. The van der Waals surface area contributed by atoms with Crippen molar-refractivity contribution in [3.8, 4) is 0 Å². The molecule has 84 valence electrons. The van der Waals surface area contributed by atoms with Crippen molar-refractivity contribution >= 4 is 11.7 Å². The predicted molar refractivity (Wildman–Crippen MR) is 52.4 cm³/mol. The third-order valence-electron chi connectivity index (χ3n) is 1.76. The van der Waals surface area contributed by atoms with Gasteiger partial charge in [0.15, 0.2) is 12.4 Å². The number of hydrogen-bond donors (Lipinski definition) is 0. The van der Waals surface area contributed by atoms with E-state index in [9.17, 15) is 9.90 Å². The number of carbonyl (C=O) groups excluding carboxylic acids is 1. The van der Waals surface area contributed by atoms with Crippen LogP contribution >= 0.6 is 0 Å². The lowest BCUT2D eigenvalue weighted by Crippen LogP contribution is -2.35. The maximum atomic E-state index is 11.4. The number of pyridine rings is 1. The van der Waals surface area contributed by atoms with E-state index in [-0.39, 0.29) is 5.70 Å². The average Bonchev–Trinajstić information content (AvgIpc) is 2.35. The van der Waals surface area contributed by atoms with Crippen LogP contribution in [-0.4, -0.2) is 20.2 Å². The SMILES string of the molecule is COC(=O)C(=C=C([O-])OC)[n+]1ccccc1. The molecule has 0 aliphatic rings. The Balaban J connectivity index is 3.28. The highest BCUT2D eigenvalue weighted by Crippen LogP contribution is 1.96. The molecule has 0 fully saturated rings. The molecule has 0 aromatic carbocycles. The highest BCUT2D eigenvalue weighted by atomic mass is 16.6. The smallest absolute Gasteiger partial charge is 0.412 e. The van der Waals surface area contributed by atoms with Gasteiger partial charge in [-0.1, -0.05) is 6.07 Å². The fraction of sp³-hybridized carbons (Fsp3) is 0.182. The standard InChI is InChI=1S/C11H11NO4/c1-15-10(13)8-9(11(14)16-2)12-6-4-3-5-7-12/h3-7H,1-2H3. The Hall–Kier alpha value is -2.26. The van der Waals surface area contributed by atoms with Crippen LogP contribution in [0.25, 0.3) is 5.70 Å². The molecule has 5 nitrogen and oxygen atoms in total. The van der Waals surface area contributed by atoms with Gasteiger partial charge in [0.05, 0.1) is 7.11 Å². The highest BCUT2D eigenvalue weighted by molar-refractivity contribution is 6.05. The Morgan fingerprint density at radius 3 is 2.31 bits per heavy atom. The summed E-state index contributed by atoms with van der Waals surface area (Å²) in [6, 6.07) is 5.20. The minimum Gasteiger partial charge on any atom is -0.611 e. The van der Waals surface area contributed by atoms with Crippen LogP contribution in [-0.2, 0) is 14.3 Å². The normalized spacial score (nSPS) is 8.88. The molecule has 0 radical (unpaired) electrons. The maximum absolute atomic E-state index is 11.4. The summed E-state index contributed by atoms with van der Waals surface area (Å²) in [6.45, 7) is 0. The van der Waals surface area contributed by atoms with Crippen molar-refractivity contribution in [2.24, 2.45) is 0 Å². The first-order valence-corrected chi connectivity index (χ1v) is 4.46. The zero-order valence-corrected chi connectivity index (χ0v) is 8.97. The van der Waals surface area contributed by atoms with Gasteiger partial charge in [-0.25, -0.2) is 4.79 Å². The van der Waals surface area contributed by atoms with Crippen molar-refractivity contribution in [2.75, 3.05) is 14.2 Å². The Labute approximate surface area is 92.9 Å². The van der Waals surface area contributed by atoms with Crippen LogP contribution in [0.4, 0.5) is 0 Å². The van der Waals surface area contributed by atoms with E-state index in [1.807, 2.05) is 0 Å². The van der Waals surface area contributed by atoms with Gasteiger partial charge in [-0.15, -0.1) is 0 Å². The summed E-state index contributed by atoms with van der Waals surface area (Å²) >= 11 is 0. The lowest BCUT2D eigenvalue weighted by molar-refractivity contribution is -0.578. The second-order valence-electron chi connectivity index (χ2n) is 2.74. The molecule has 0 bridgehead atoms. The Kier molecular flexibility index (Phi) is 4.12. The molecule has 0 saturated carbocycles. The number of carbonyl (C=O) groups is 1. The summed E-state index contributed by atoms with van der Waals surface area (Å²) in [5.74, 6) is -1.40. The minimum absolute atomic E-state index is 0.0325. The highest BCUT2D eigenvalue weighted by Gasteiger charge is 2.19. The summed E-state index contributed by atoms with van der Waals surface area (Å²) in [7, 11) is 2.44. The number of nitrogens with zero attached hydrogens (tertiary/aromatic N) is 1. The monoisotopic (exact) mass is 221 g/mol. The van der Waals surface area contributed by atoms with Gasteiger partial charge < -0.3 is 14.6 Å². The lowest BCUT2D eigenvalue weighted by Gasteiger charge is -2.03. The fourth-order valence-corrected chi connectivity index (χ4v) is 1.01. The molecule has 1 aromatic heterocycles. The van der Waals surface area contributed by atoms with Crippen LogP contribution < -0.4 is 9.67 Å². The number of aromatic nitrogens is 1. The first-order chi connectivity index (χ1) is 7.69. The van der Waals surface area contributed by atoms with E-state index in [1.165, 1.54) is 18.8 Å². The van der Waals surface area contributed by atoms with E-state index in [2.05, 4.69) is 15.2 Å². The Bertz CT molecular complexity index is 433. The molecule has 0 saturated heterocycles. The molecule has 1 aromatic rings. The van der Waals surface area contributed by atoms with Gasteiger partial charge in [-0.05, 0) is 12.8 Å². The minimum atomic E-state index is -0.739. The quantitative estimate of drug-likeness (QED) is 0.225. The molecule has 5 heteroatoms. The van der Waals surface area contributed by atoms with Crippen LogP contribution in [0.5, 0.6) is 0 Å². The molecule has 16 heavy (non-hydrogen) atoms. The van der Waals surface area contributed by atoms with Gasteiger partial charge in [0.2, 0.25) is 0 Å². The van der Waals surface area contributed by atoms with Gasteiger partial charge in [0.1, 0.15) is 5.95 Å². The van der Waals surface area contributed by atoms with Gasteiger partial charge in [-0.2, -0.15) is 4.57 Å². The van der Waals surface area contributed by atoms with E-state index in [0.717, 1.165) is 0 Å². The Morgan fingerprint density at radius 2 is 1.81 bits per heavy atom. The lowest BCUT2D eigenvalue weighted by atomic mass is 10.4. The van der Waals surface area contributed by atoms with Crippen molar-refractivity contribution in [1.82, 2.24) is 0 Å². The molecule has 0 spiro atoms. The van der Waals surface area contributed by atoms with Gasteiger partial charge >= 0.3 is 11.7 Å². The van der Waals surface area contributed by atoms with E-state index < -0.39 is 11.9 Å². The summed E-state index contributed by atoms with van der Waals surface area (Å²) in [6.07, 6.45) is 3.20. The van der Waals surface area contributed by atoms with E-state index in [4.69, 9.17) is 0 Å². The molecule has 0 aliphatic heterocycles. The van der Waals surface area contributed by atoms with Crippen molar-refractivity contribution < 1.29 is 23.9 Å². The third-order valence-corrected chi connectivity index (χ3v) is 1.76. The summed E-state index contributed by atoms with van der Waals surface area (Å²) in [5, 5.41) is 11.0. The molecule has 0 unspecified atom stereocenters. The first-order valence-electron chi connectivity index (χ1n) is 4.46. The van der Waals surface area contributed by atoms with Crippen molar-refractivity contribution in [3.05, 3.63) is 42.3 Å². The van der Waals surface area contributed by atoms with Gasteiger partial charge in [-0.3, -0.25) is 0 Å². The zero-order chi connectivity index (χ0) is 12.0. The third kappa shape index (κ3) is 2.87. The van der Waals surface area contributed by atoms with E-state index in [0.29, 0.717) is 0 Å². The van der Waals surface area contributed by atoms with Gasteiger partial charge in [0, 0.05) is 12.1 Å². The van der Waals surface area contributed by atoms with Crippen LogP contribution in [0.15, 0.2) is 42.3 Å². The zero-order valence-electron chi connectivity index (χ0n) is 8.97. The second-order valence-corrected chi connectivity index (χ2v) is 2.74. The second kappa shape index (κ2) is 5.58. The molecular weight excluding hydrogens is 210 g/mol. The van der Waals surface area contributed by atoms with Crippen LogP contribution in [0.2, 0.25) is 0 Å². The van der Waals surface area contributed by atoms with Crippen molar-refractivity contribution in [1.29, 1.82) is 0 Å². The number of methoxy groups -OCH3 is 2. The average molecular weight is 221 g/mol. The fourth-order valence-electron chi connectivity index (χ4n) is 1.01. The summed E-state index contributed by atoms with van der Waals surface area (Å²) in [4.78, 5) is 11.4. The largest absolute Gasteiger partial charge is 0.611 e. The summed E-state index contributed by atoms with van der Waals surface area (Å²) < 4.78 is 10.4. The number of ether oxygens (including phenoxy) is 2. The first kappa shape index (κ1) is 11.8. The predicted octanol–water partition coefficient (Wildman–Crippen LogP) is -0.565. The molecular formula is C11H11NO4. The molecule has 1 rings (SSSR count). The van der Waals surface area contributed by atoms with E-state index in [1.54, 1.807) is 30.6 Å². The van der Waals surface area contributed by atoms with Crippen LogP contribution in [0.1, 0.15) is 0 Å². The maximum Gasteiger partial charge on any atom is 0.412 e. The van der Waals surface area contributed by atoms with Crippen molar-refractivity contribution in [3.63, 3.8) is 0 Å². The number of esters is 1. The molecule has 1 heterocycles. The summed E-state index contributed by atoms with van der Waals surface area (Å²) in [5.41, 5.74) is 2.25. The molecule has 0 N–H and O–H groups in total. The van der Waals surface area contributed by atoms with Crippen LogP contribution in [0, 0.1) is 0 Å². The topological polar surface area (TPSA) is 62.5 Å². The van der Waals surface area contributed by atoms with E-state index >= 15 is 0 Å². The molecule has 0 amide bonds. The van der Waals surface area contributed by atoms with Crippen LogP contribution in [0.3, 0.4) is 0 Å². The number of hydrogen-bond acceptors (Lipinski definition) is 4. The number of rotatable bonds is 3. The Morgan fingerprint density at radius 1 is 1.19 bits per heavy atom.